The first-order chi connectivity index (χ1) is 7.96. The van der Waals surface area contributed by atoms with Crippen molar-refractivity contribution in [3.63, 3.8) is 0 Å². The van der Waals surface area contributed by atoms with Crippen LogP contribution in [-0.4, -0.2) is 11.1 Å². The first-order valence-electron chi connectivity index (χ1n) is 6.19. The normalized spacial score (nSPS) is 12.3. The minimum Gasteiger partial charge on any atom is -0.348 e. The number of hydrogen-bond donors (Lipinski definition) is 1. The Morgan fingerprint density at radius 2 is 1.88 bits per heavy atom. The molecule has 0 unspecified atom stereocenters. The lowest BCUT2D eigenvalue weighted by Gasteiger charge is -2.22. The molecule has 0 amide bonds. The van der Waals surface area contributed by atoms with E-state index in [1.54, 1.807) is 0 Å². The van der Waals surface area contributed by atoms with Crippen LogP contribution < -0.4 is 5.73 Å². The third-order valence-corrected chi connectivity index (χ3v) is 3.74. The van der Waals surface area contributed by atoms with Gasteiger partial charge in [-0.05, 0) is 36.9 Å². The van der Waals surface area contributed by atoms with Crippen LogP contribution in [0.25, 0.3) is 10.9 Å². The van der Waals surface area contributed by atoms with Crippen molar-refractivity contribution in [1.29, 1.82) is 0 Å². The summed E-state index contributed by atoms with van der Waals surface area (Å²) in [4.78, 5) is 0. The number of fused-ring (bicyclic) bond motifs is 1. The third kappa shape index (κ3) is 2.09. The first-order valence-corrected chi connectivity index (χ1v) is 6.19. The van der Waals surface area contributed by atoms with Gasteiger partial charge >= 0.3 is 0 Å². The molecule has 0 saturated heterocycles. The lowest BCUT2D eigenvalue weighted by Crippen LogP contribution is -2.26. The molecule has 0 spiro atoms. The maximum atomic E-state index is 5.85. The van der Waals surface area contributed by atoms with Gasteiger partial charge in [-0.3, -0.25) is 0 Å². The highest BCUT2D eigenvalue weighted by molar-refractivity contribution is 5.85. The molecule has 0 aliphatic rings. The number of rotatable bonds is 3. The van der Waals surface area contributed by atoms with Crippen LogP contribution in [0.3, 0.4) is 0 Å². The van der Waals surface area contributed by atoms with E-state index in [-0.39, 0.29) is 5.41 Å². The second kappa shape index (κ2) is 4.19. The van der Waals surface area contributed by atoms with Crippen molar-refractivity contribution < 1.29 is 0 Å². The van der Waals surface area contributed by atoms with Gasteiger partial charge < -0.3 is 10.3 Å². The predicted octanol–water partition coefficient (Wildman–Crippen LogP) is 3.01. The molecule has 0 atom stereocenters. The molecule has 0 radical (unpaired) electrons. The van der Waals surface area contributed by atoms with Crippen molar-refractivity contribution >= 4 is 10.9 Å². The summed E-state index contributed by atoms with van der Waals surface area (Å²) in [5, 5.41) is 1.37. The molecule has 2 aromatic rings. The van der Waals surface area contributed by atoms with Gasteiger partial charge in [-0.25, -0.2) is 0 Å². The van der Waals surface area contributed by atoms with Crippen LogP contribution in [0.15, 0.2) is 24.3 Å². The van der Waals surface area contributed by atoms with Gasteiger partial charge in [-0.2, -0.15) is 0 Å². The Kier molecular flexibility index (Phi) is 3.00. The van der Waals surface area contributed by atoms with Crippen LogP contribution in [0.4, 0.5) is 0 Å². The average molecular weight is 230 g/mol. The summed E-state index contributed by atoms with van der Waals surface area (Å²) in [7, 11) is 2.14. The number of benzene rings is 1. The third-order valence-electron chi connectivity index (χ3n) is 3.74. The second-order valence-corrected chi connectivity index (χ2v) is 5.69. The Hall–Kier alpha value is -1.28. The fraction of sp³-hybridized carbons (Fsp3) is 0.467. The van der Waals surface area contributed by atoms with Crippen LogP contribution in [0, 0.1) is 12.3 Å². The molecule has 2 nitrogen and oxygen atoms in total. The molecule has 17 heavy (non-hydrogen) atoms. The number of para-hydroxylation sites is 1. The van der Waals surface area contributed by atoms with E-state index in [1.165, 1.54) is 22.2 Å². The number of aromatic nitrogens is 1. The molecule has 1 aromatic carbocycles. The van der Waals surface area contributed by atoms with Crippen molar-refractivity contribution in [3.05, 3.63) is 35.5 Å². The fourth-order valence-electron chi connectivity index (χ4n) is 2.37. The molecule has 1 heterocycles. The Bertz CT molecular complexity index is 535. The second-order valence-electron chi connectivity index (χ2n) is 5.69. The Morgan fingerprint density at radius 3 is 2.53 bits per heavy atom. The summed E-state index contributed by atoms with van der Waals surface area (Å²) in [6, 6.07) is 8.60. The van der Waals surface area contributed by atoms with Gasteiger partial charge in [0.15, 0.2) is 0 Å². The zero-order chi connectivity index (χ0) is 12.6. The largest absolute Gasteiger partial charge is 0.348 e. The number of nitrogens with two attached hydrogens (primary N) is 1. The topological polar surface area (TPSA) is 30.9 Å². The Morgan fingerprint density at radius 1 is 1.24 bits per heavy atom. The molecule has 2 N–H and O–H groups in total. The minimum atomic E-state index is 0.162. The van der Waals surface area contributed by atoms with Crippen LogP contribution in [0.1, 0.15) is 25.1 Å². The summed E-state index contributed by atoms with van der Waals surface area (Å²) < 4.78 is 2.28. The molecule has 0 fully saturated rings. The van der Waals surface area contributed by atoms with Crippen molar-refractivity contribution in [2.45, 2.75) is 27.2 Å². The van der Waals surface area contributed by atoms with Gasteiger partial charge in [0, 0.05) is 23.6 Å². The predicted molar refractivity (Wildman–Crippen MR) is 74.2 cm³/mol. The van der Waals surface area contributed by atoms with Gasteiger partial charge in [-0.1, -0.05) is 32.0 Å². The molecule has 0 aliphatic heterocycles. The summed E-state index contributed by atoms with van der Waals surface area (Å²) in [5.41, 5.74) is 10.1. The molecule has 2 rings (SSSR count). The van der Waals surface area contributed by atoms with Gasteiger partial charge in [-0.15, -0.1) is 0 Å². The van der Waals surface area contributed by atoms with Crippen molar-refractivity contribution in [2.75, 3.05) is 6.54 Å². The van der Waals surface area contributed by atoms with Gasteiger partial charge in [0.1, 0.15) is 0 Å². The molecule has 0 saturated carbocycles. The lowest BCUT2D eigenvalue weighted by molar-refractivity contribution is 0.377. The smallest absolute Gasteiger partial charge is 0.0482 e. The number of hydrogen-bond acceptors (Lipinski definition) is 1. The quantitative estimate of drug-likeness (QED) is 0.863. The molecule has 1 aromatic heterocycles. The Balaban J connectivity index is 2.57. The van der Waals surface area contributed by atoms with Gasteiger partial charge in [0.25, 0.3) is 0 Å². The molecule has 0 aliphatic carbocycles. The highest BCUT2D eigenvalue weighted by Crippen LogP contribution is 2.30. The fourth-order valence-corrected chi connectivity index (χ4v) is 2.37. The van der Waals surface area contributed by atoms with E-state index in [9.17, 15) is 0 Å². The van der Waals surface area contributed by atoms with E-state index >= 15 is 0 Å². The van der Waals surface area contributed by atoms with E-state index in [1.807, 2.05) is 0 Å². The number of nitrogens with zero attached hydrogens (tertiary/aromatic N) is 1. The summed E-state index contributed by atoms with van der Waals surface area (Å²) >= 11 is 0. The molecular formula is C15H22N2. The highest BCUT2D eigenvalue weighted by Gasteiger charge is 2.21. The summed E-state index contributed by atoms with van der Waals surface area (Å²) in [6.45, 7) is 7.38. The average Bonchev–Trinajstić information content (AvgIpc) is 2.55. The Labute approximate surface area is 103 Å². The SMILES string of the molecule is Cc1c(CC(C)(C)CN)c2ccccc2n1C. The van der Waals surface area contributed by atoms with Gasteiger partial charge in [0.05, 0.1) is 0 Å². The van der Waals surface area contributed by atoms with E-state index in [2.05, 4.69) is 56.7 Å². The maximum absolute atomic E-state index is 5.85. The van der Waals surface area contributed by atoms with E-state index < -0.39 is 0 Å². The number of aryl methyl sites for hydroxylation is 1. The minimum absolute atomic E-state index is 0.162. The maximum Gasteiger partial charge on any atom is 0.0482 e. The van der Waals surface area contributed by atoms with Crippen LogP contribution in [0.2, 0.25) is 0 Å². The van der Waals surface area contributed by atoms with Crippen LogP contribution >= 0.6 is 0 Å². The monoisotopic (exact) mass is 230 g/mol. The zero-order valence-corrected chi connectivity index (χ0v) is 11.2. The zero-order valence-electron chi connectivity index (χ0n) is 11.2. The molecule has 0 bridgehead atoms. The lowest BCUT2D eigenvalue weighted by atomic mass is 9.85. The first kappa shape index (κ1) is 12.2. The van der Waals surface area contributed by atoms with E-state index in [0.717, 1.165) is 13.0 Å². The standard InChI is InChI=1S/C15H22N2/c1-11-13(9-15(2,3)10-16)12-7-5-6-8-14(12)17(11)4/h5-8H,9-10,16H2,1-4H3. The summed E-state index contributed by atoms with van der Waals surface area (Å²) in [6.07, 6.45) is 1.04. The van der Waals surface area contributed by atoms with Crippen molar-refractivity contribution in [2.24, 2.45) is 18.2 Å². The molecule has 92 valence electrons. The van der Waals surface area contributed by atoms with E-state index in [4.69, 9.17) is 5.73 Å². The van der Waals surface area contributed by atoms with E-state index in [0.29, 0.717) is 0 Å². The highest BCUT2D eigenvalue weighted by atomic mass is 14.9. The summed E-state index contributed by atoms with van der Waals surface area (Å²) in [5.74, 6) is 0. The molecule has 2 heteroatoms. The van der Waals surface area contributed by atoms with Crippen LogP contribution in [-0.2, 0) is 13.5 Å². The van der Waals surface area contributed by atoms with Gasteiger partial charge in [0.2, 0.25) is 0 Å². The van der Waals surface area contributed by atoms with Crippen molar-refractivity contribution in [3.8, 4) is 0 Å². The van der Waals surface area contributed by atoms with Crippen molar-refractivity contribution in [1.82, 2.24) is 4.57 Å². The molecular weight excluding hydrogens is 208 g/mol. The van der Waals surface area contributed by atoms with Crippen LogP contribution in [0.5, 0.6) is 0 Å².